The number of para-hydroxylation sites is 1. The van der Waals surface area contributed by atoms with Crippen LogP contribution in [-0.4, -0.2) is 19.0 Å². The molecule has 0 heterocycles. The molecule has 18 heavy (non-hydrogen) atoms. The van der Waals surface area contributed by atoms with Crippen molar-refractivity contribution in [2.75, 3.05) is 11.9 Å². The number of carbonyl (C=O) groups is 1. The van der Waals surface area contributed by atoms with Crippen molar-refractivity contribution in [1.82, 2.24) is 0 Å². The molecule has 0 N–H and O–H groups in total. The fourth-order valence-electron chi connectivity index (χ4n) is 1.17. The zero-order valence-electron chi connectivity index (χ0n) is 9.69. The summed E-state index contributed by atoms with van der Waals surface area (Å²) in [6, 6.07) is 9.28. The summed E-state index contributed by atoms with van der Waals surface area (Å²) < 4.78 is 35.6. The number of allylic oxidation sites excluding steroid dienone is 3. The standard InChI is InChI=1S/C13H12F3NO/c1-17(11-7-3-2-4-8-11)10-6-5-9-12(18)13(14,15)16/h2-10H,1H3/b9-5+,10-6+. The van der Waals surface area contributed by atoms with Gasteiger partial charge >= 0.3 is 6.18 Å². The second-order valence-electron chi connectivity index (χ2n) is 3.51. The average Bonchev–Trinajstić information content (AvgIpc) is 2.34. The predicted octanol–water partition coefficient (Wildman–Crippen LogP) is 3.32. The first kappa shape index (κ1) is 14.0. The molecule has 0 aromatic heterocycles. The van der Waals surface area contributed by atoms with Crippen molar-refractivity contribution in [3.05, 3.63) is 54.8 Å². The number of ketones is 1. The molecule has 1 aromatic rings. The van der Waals surface area contributed by atoms with Crippen LogP contribution in [0.3, 0.4) is 0 Å². The van der Waals surface area contributed by atoms with E-state index in [2.05, 4.69) is 0 Å². The van der Waals surface area contributed by atoms with Crippen molar-refractivity contribution in [1.29, 1.82) is 0 Å². The average molecular weight is 255 g/mol. The second kappa shape index (κ2) is 6.05. The second-order valence-corrected chi connectivity index (χ2v) is 3.51. The van der Waals surface area contributed by atoms with Crippen LogP contribution in [0, 0.1) is 0 Å². The van der Waals surface area contributed by atoms with Gasteiger partial charge in [-0.1, -0.05) is 24.3 Å². The molecule has 0 bridgehead atoms. The van der Waals surface area contributed by atoms with Crippen LogP contribution in [-0.2, 0) is 4.79 Å². The van der Waals surface area contributed by atoms with Gasteiger partial charge in [0.2, 0.25) is 0 Å². The van der Waals surface area contributed by atoms with Gasteiger partial charge in [-0.25, -0.2) is 0 Å². The Kier molecular flexibility index (Phi) is 4.71. The molecule has 0 amide bonds. The molecule has 0 aliphatic heterocycles. The van der Waals surface area contributed by atoms with Crippen molar-refractivity contribution in [2.24, 2.45) is 0 Å². The Labute approximate surface area is 103 Å². The Morgan fingerprint density at radius 3 is 2.33 bits per heavy atom. The maximum Gasteiger partial charge on any atom is 0.454 e. The van der Waals surface area contributed by atoms with Gasteiger partial charge in [0.1, 0.15) is 0 Å². The van der Waals surface area contributed by atoms with Gasteiger partial charge in [0.25, 0.3) is 5.78 Å². The lowest BCUT2D eigenvalue weighted by atomic mass is 10.3. The van der Waals surface area contributed by atoms with E-state index in [0.29, 0.717) is 6.08 Å². The van der Waals surface area contributed by atoms with Crippen LogP contribution in [0.1, 0.15) is 0 Å². The summed E-state index contributed by atoms with van der Waals surface area (Å²) in [4.78, 5) is 12.2. The van der Waals surface area contributed by atoms with Crippen LogP contribution in [0.5, 0.6) is 0 Å². The van der Waals surface area contributed by atoms with Crippen LogP contribution in [0.4, 0.5) is 18.9 Å². The Hall–Kier alpha value is -2.04. The van der Waals surface area contributed by atoms with Crippen molar-refractivity contribution in [3.63, 3.8) is 0 Å². The van der Waals surface area contributed by atoms with E-state index in [1.807, 2.05) is 30.3 Å². The summed E-state index contributed by atoms with van der Waals surface area (Å²) >= 11 is 0. The lowest BCUT2D eigenvalue weighted by Crippen LogP contribution is -2.19. The summed E-state index contributed by atoms with van der Waals surface area (Å²) in [7, 11) is 1.76. The quantitative estimate of drug-likeness (QED) is 0.607. The maximum absolute atomic E-state index is 11.9. The first-order valence-electron chi connectivity index (χ1n) is 5.15. The van der Waals surface area contributed by atoms with Gasteiger partial charge in [0.15, 0.2) is 0 Å². The highest BCUT2D eigenvalue weighted by Crippen LogP contribution is 2.16. The fourth-order valence-corrected chi connectivity index (χ4v) is 1.17. The molecule has 0 spiro atoms. The van der Waals surface area contributed by atoms with E-state index < -0.39 is 12.0 Å². The summed E-state index contributed by atoms with van der Waals surface area (Å²) in [5.41, 5.74) is 0.893. The molecule has 96 valence electrons. The zero-order chi connectivity index (χ0) is 13.6. The van der Waals surface area contributed by atoms with Crippen LogP contribution >= 0.6 is 0 Å². The summed E-state index contributed by atoms with van der Waals surface area (Å²) in [6.45, 7) is 0. The van der Waals surface area contributed by atoms with Crippen LogP contribution in [0.2, 0.25) is 0 Å². The Balaban J connectivity index is 2.56. The number of carbonyl (C=O) groups excluding carboxylic acids is 1. The van der Waals surface area contributed by atoms with Gasteiger partial charge in [-0.2, -0.15) is 13.2 Å². The molecule has 2 nitrogen and oxygen atoms in total. The summed E-state index contributed by atoms with van der Waals surface area (Å²) in [5, 5.41) is 0. The van der Waals surface area contributed by atoms with E-state index in [9.17, 15) is 18.0 Å². The molecule has 0 fully saturated rings. The minimum absolute atomic E-state index is 0.495. The van der Waals surface area contributed by atoms with Crippen molar-refractivity contribution < 1.29 is 18.0 Å². The lowest BCUT2D eigenvalue weighted by Gasteiger charge is -2.12. The maximum atomic E-state index is 11.9. The number of anilines is 1. The molecule has 0 unspecified atom stereocenters. The first-order chi connectivity index (χ1) is 8.41. The number of hydrogen-bond donors (Lipinski definition) is 0. The van der Waals surface area contributed by atoms with Crippen molar-refractivity contribution in [2.45, 2.75) is 6.18 Å². The molecule has 0 saturated heterocycles. The molecular weight excluding hydrogens is 243 g/mol. The molecule has 1 rings (SSSR count). The van der Waals surface area contributed by atoms with Crippen molar-refractivity contribution in [3.8, 4) is 0 Å². The molecule has 0 aliphatic carbocycles. The minimum atomic E-state index is -4.81. The van der Waals surface area contributed by atoms with Crippen LogP contribution < -0.4 is 4.90 Å². The van der Waals surface area contributed by atoms with E-state index in [-0.39, 0.29) is 0 Å². The Morgan fingerprint density at radius 1 is 1.17 bits per heavy atom. The molecule has 5 heteroatoms. The molecule has 1 aromatic carbocycles. The molecular formula is C13H12F3NO. The Bertz CT molecular complexity index is 449. The van der Waals surface area contributed by atoms with E-state index >= 15 is 0 Å². The third-order valence-electron chi connectivity index (χ3n) is 2.11. The normalized spacial score (nSPS) is 12.2. The molecule has 0 saturated carbocycles. The van der Waals surface area contributed by atoms with Gasteiger partial charge in [0.05, 0.1) is 0 Å². The van der Waals surface area contributed by atoms with Gasteiger partial charge in [-0.3, -0.25) is 4.79 Å². The molecule has 0 atom stereocenters. The minimum Gasteiger partial charge on any atom is -0.351 e. The highest BCUT2D eigenvalue weighted by molar-refractivity contribution is 5.94. The SMILES string of the molecule is CN(/C=C/C=C/C(=O)C(F)(F)F)c1ccccc1. The highest BCUT2D eigenvalue weighted by Gasteiger charge is 2.35. The van der Waals surface area contributed by atoms with E-state index in [0.717, 1.165) is 11.8 Å². The van der Waals surface area contributed by atoms with Gasteiger partial charge in [-0.15, -0.1) is 0 Å². The number of halogens is 3. The van der Waals surface area contributed by atoms with Crippen molar-refractivity contribution >= 4 is 11.5 Å². The van der Waals surface area contributed by atoms with Gasteiger partial charge in [-0.05, 0) is 24.3 Å². The third-order valence-corrected chi connectivity index (χ3v) is 2.11. The highest BCUT2D eigenvalue weighted by atomic mass is 19.4. The largest absolute Gasteiger partial charge is 0.454 e. The Morgan fingerprint density at radius 2 is 1.78 bits per heavy atom. The number of rotatable bonds is 4. The smallest absolute Gasteiger partial charge is 0.351 e. The van der Waals surface area contributed by atoms with Gasteiger partial charge < -0.3 is 4.90 Å². The van der Waals surface area contributed by atoms with Gasteiger partial charge in [0, 0.05) is 18.9 Å². The predicted molar refractivity (Wildman–Crippen MR) is 64.2 cm³/mol. The molecule has 0 radical (unpaired) electrons. The fraction of sp³-hybridized carbons (Fsp3) is 0.154. The third kappa shape index (κ3) is 4.45. The number of benzene rings is 1. The summed E-state index contributed by atoms with van der Waals surface area (Å²) in [6.07, 6.45) is -0.313. The topological polar surface area (TPSA) is 20.3 Å². The first-order valence-corrected chi connectivity index (χ1v) is 5.15. The van der Waals surface area contributed by atoms with E-state index in [1.165, 1.54) is 6.08 Å². The van der Waals surface area contributed by atoms with Crippen LogP contribution in [0.25, 0.3) is 0 Å². The monoisotopic (exact) mass is 255 g/mol. The zero-order valence-corrected chi connectivity index (χ0v) is 9.69. The van der Waals surface area contributed by atoms with Crippen LogP contribution in [0.15, 0.2) is 54.8 Å². The number of alkyl halides is 3. The molecule has 0 aliphatic rings. The van der Waals surface area contributed by atoms with E-state index in [4.69, 9.17) is 0 Å². The number of hydrogen-bond acceptors (Lipinski definition) is 2. The number of nitrogens with zero attached hydrogens (tertiary/aromatic N) is 1. The summed E-state index contributed by atoms with van der Waals surface area (Å²) in [5.74, 6) is -1.87. The lowest BCUT2D eigenvalue weighted by molar-refractivity contribution is -0.165. The van der Waals surface area contributed by atoms with E-state index in [1.54, 1.807) is 18.1 Å².